The zero-order chi connectivity index (χ0) is 15.2. The summed E-state index contributed by atoms with van der Waals surface area (Å²) in [6.07, 6.45) is 0.109. The van der Waals surface area contributed by atoms with E-state index in [1.54, 1.807) is 20.8 Å². The highest BCUT2D eigenvalue weighted by Crippen LogP contribution is 2.12. The molecule has 0 radical (unpaired) electrons. The van der Waals surface area contributed by atoms with Crippen molar-refractivity contribution < 1.29 is 19.4 Å². The molecule has 110 valence electrons. The van der Waals surface area contributed by atoms with Gasteiger partial charge >= 0.3 is 11.9 Å². The van der Waals surface area contributed by atoms with E-state index in [4.69, 9.17) is 9.84 Å². The molecule has 0 aliphatic rings. The summed E-state index contributed by atoms with van der Waals surface area (Å²) in [6, 6.07) is 8.69. The second kappa shape index (κ2) is 7.05. The Morgan fingerprint density at radius 1 is 1.30 bits per heavy atom. The second-order valence-electron chi connectivity index (χ2n) is 5.41. The summed E-state index contributed by atoms with van der Waals surface area (Å²) in [5.41, 5.74) is 0.288. The van der Waals surface area contributed by atoms with Crippen LogP contribution in [0.5, 0.6) is 0 Å². The van der Waals surface area contributed by atoms with Crippen LogP contribution in [-0.2, 0) is 20.9 Å². The zero-order valence-corrected chi connectivity index (χ0v) is 12.1. The van der Waals surface area contributed by atoms with Crippen molar-refractivity contribution in [3.8, 4) is 0 Å². The van der Waals surface area contributed by atoms with Gasteiger partial charge in [-0.05, 0) is 26.3 Å². The Kier molecular flexibility index (Phi) is 5.70. The van der Waals surface area contributed by atoms with Crippen molar-refractivity contribution in [2.45, 2.75) is 45.4 Å². The largest absolute Gasteiger partial charge is 0.480 e. The van der Waals surface area contributed by atoms with Crippen LogP contribution in [0.2, 0.25) is 0 Å². The van der Waals surface area contributed by atoms with Crippen molar-refractivity contribution in [1.82, 2.24) is 5.32 Å². The molecule has 0 spiro atoms. The number of hydrogen-bond donors (Lipinski definition) is 2. The second-order valence-corrected chi connectivity index (χ2v) is 5.41. The lowest BCUT2D eigenvalue weighted by Crippen LogP contribution is -2.49. The van der Waals surface area contributed by atoms with E-state index in [2.05, 4.69) is 5.32 Å². The fourth-order valence-electron chi connectivity index (χ4n) is 1.85. The first-order chi connectivity index (χ1) is 9.30. The molecule has 0 aromatic heterocycles. The van der Waals surface area contributed by atoms with Gasteiger partial charge in [0, 0.05) is 5.54 Å². The van der Waals surface area contributed by atoms with Crippen molar-refractivity contribution in [3.05, 3.63) is 35.9 Å². The van der Waals surface area contributed by atoms with Gasteiger partial charge in [0.15, 0.2) is 0 Å². The number of benzene rings is 1. The van der Waals surface area contributed by atoms with Crippen LogP contribution in [0.1, 0.15) is 32.8 Å². The molecule has 0 aliphatic carbocycles. The highest BCUT2D eigenvalue weighted by molar-refractivity contribution is 5.74. The predicted octanol–water partition coefficient (Wildman–Crippen LogP) is 1.96. The Labute approximate surface area is 118 Å². The van der Waals surface area contributed by atoms with Gasteiger partial charge in [-0.25, -0.2) is 0 Å². The molecule has 1 aromatic carbocycles. The number of esters is 1. The molecule has 0 heterocycles. The van der Waals surface area contributed by atoms with Crippen LogP contribution in [0.15, 0.2) is 30.3 Å². The molecule has 5 heteroatoms. The first-order valence-electron chi connectivity index (χ1n) is 6.50. The van der Waals surface area contributed by atoms with E-state index >= 15 is 0 Å². The van der Waals surface area contributed by atoms with Crippen LogP contribution >= 0.6 is 0 Å². The Balaban J connectivity index is 2.42. The third kappa shape index (κ3) is 5.84. The summed E-state index contributed by atoms with van der Waals surface area (Å²) >= 11 is 0. The zero-order valence-electron chi connectivity index (χ0n) is 12.1. The number of nitrogens with one attached hydrogen (secondary N) is 1. The summed E-state index contributed by atoms with van der Waals surface area (Å²) in [4.78, 5) is 22.6. The molecule has 0 saturated heterocycles. The van der Waals surface area contributed by atoms with Crippen LogP contribution in [0.3, 0.4) is 0 Å². The lowest BCUT2D eigenvalue weighted by Gasteiger charge is -2.27. The summed E-state index contributed by atoms with van der Waals surface area (Å²) in [6.45, 7) is 5.32. The highest BCUT2D eigenvalue weighted by Gasteiger charge is 2.26. The first-order valence-corrected chi connectivity index (χ1v) is 6.50. The van der Waals surface area contributed by atoms with Gasteiger partial charge in [0.2, 0.25) is 0 Å². The number of hydrogen-bond acceptors (Lipinski definition) is 4. The van der Waals surface area contributed by atoms with Gasteiger partial charge in [-0.3, -0.25) is 14.9 Å². The van der Waals surface area contributed by atoms with Gasteiger partial charge < -0.3 is 9.84 Å². The summed E-state index contributed by atoms with van der Waals surface area (Å²) in [5.74, 6) is -1.31. The molecule has 0 bridgehead atoms. The minimum atomic E-state index is -0.948. The maximum Gasteiger partial charge on any atom is 0.320 e. The Bertz CT molecular complexity index is 456. The average molecular weight is 279 g/mol. The van der Waals surface area contributed by atoms with Gasteiger partial charge in [0.1, 0.15) is 12.6 Å². The van der Waals surface area contributed by atoms with E-state index in [9.17, 15) is 9.59 Å². The monoisotopic (exact) mass is 279 g/mol. The molecule has 0 saturated carbocycles. The normalized spacial score (nSPS) is 12.8. The van der Waals surface area contributed by atoms with Crippen LogP contribution in [0.25, 0.3) is 0 Å². The maximum atomic E-state index is 11.8. The van der Waals surface area contributed by atoms with Gasteiger partial charge in [-0.15, -0.1) is 0 Å². The molecule has 5 nitrogen and oxygen atoms in total. The molecule has 0 aliphatic heterocycles. The fourth-order valence-corrected chi connectivity index (χ4v) is 1.85. The van der Waals surface area contributed by atoms with Crippen molar-refractivity contribution in [2.24, 2.45) is 0 Å². The van der Waals surface area contributed by atoms with Crippen molar-refractivity contribution in [3.63, 3.8) is 0 Å². The van der Waals surface area contributed by atoms with E-state index in [0.29, 0.717) is 0 Å². The molecule has 1 aromatic rings. The number of ether oxygens (including phenoxy) is 1. The number of aliphatic carboxylic acids is 1. The maximum absolute atomic E-state index is 11.8. The quantitative estimate of drug-likeness (QED) is 0.746. The van der Waals surface area contributed by atoms with Gasteiger partial charge in [0.25, 0.3) is 0 Å². The minimum Gasteiger partial charge on any atom is -0.480 e. The fraction of sp³-hybridized carbons (Fsp3) is 0.467. The smallest absolute Gasteiger partial charge is 0.320 e. The van der Waals surface area contributed by atoms with E-state index in [1.807, 2.05) is 30.3 Å². The van der Waals surface area contributed by atoms with Crippen molar-refractivity contribution in [1.29, 1.82) is 0 Å². The standard InChI is InChI=1S/C15H21NO4/c1-11(14(18)19)16-15(2,3)9-13(17)20-10-12-7-5-4-6-8-12/h4-8,11,16H,9-10H2,1-3H3,(H,18,19). The number of carboxylic acid groups (broad SMARTS) is 1. The first kappa shape index (κ1) is 16.2. The number of carbonyl (C=O) groups is 2. The van der Waals surface area contributed by atoms with Gasteiger partial charge in [0.05, 0.1) is 6.42 Å². The molecule has 0 amide bonds. The molecule has 1 rings (SSSR count). The Hall–Kier alpha value is -1.88. The molecular formula is C15H21NO4. The van der Waals surface area contributed by atoms with Gasteiger partial charge in [-0.2, -0.15) is 0 Å². The molecule has 1 unspecified atom stereocenters. The van der Waals surface area contributed by atoms with Gasteiger partial charge in [-0.1, -0.05) is 30.3 Å². The van der Waals surface area contributed by atoms with Crippen LogP contribution in [-0.4, -0.2) is 28.6 Å². The van der Waals surface area contributed by atoms with E-state index in [-0.39, 0.29) is 19.0 Å². The van der Waals surface area contributed by atoms with E-state index in [1.165, 1.54) is 0 Å². The minimum absolute atomic E-state index is 0.109. The molecule has 2 N–H and O–H groups in total. The molecule has 20 heavy (non-hydrogen) atoms. The summed E-state index contributed by atoms with van der Waals surface area (Å²) in [5, 5.41) is 11.7. The van der Waals surface area contributed by atoms with Crippen LogP contribution < -0.4 is 5.32 Å². The third-order valence-corrected chi connectivity index (χ3v) is 2.81. The van der Waals surface area contributed by atoms with Crippen molar-refractivity contribution >= 4 is 11.9 Å². The molecule has 1 atom stereocenters. The Morgan fingerprint density at radius 3 is 2.45 bits per heavy atom. The van der Waals surface area contributed by atoms with Crippen LogP contribution in [0.4, 0.5) is 0 Å². The number of rotatable bonds is 7. The topological polar surface area (TPSA) is 75.6 Å². The summed E-state index contributed by atoms with van der Waals surface area (Å²) < 4.78 is 5.18. The lowest BCUT2D eigenvalue weighted by molar-refractivity contribution is -0.147. The van der Waals surface area contributed by atoms with Crippen molar-refractivity contribution in [2.75, 3.05) is 0 Å². The van der Waals surface area contributed by atoms with E-state index in [0.717, 1.165) is 5.56 Å². The lowest BCUT2D eigenvalue weighted by atomic mass is 9.99. The average Bonchev–Trinajstić information content (AvgIpc) is 2.36. The third-order valence-electron chi connectivity index (χ3n) is 2.81. The molecule has 0 fully saturated rings. The number of carbonyl (C=O) groups excluding carboxylic acids is 1. The highest BCUT2D eigenvalue weighted by atomic mass is 16.5. The number of carboxylic acids is 1. The molecular weight excluding hydrogens is 258 g/mol. The summed E-state index contributed by atoms with van der Waals surface area (Å²) in [7, 11) is 0. The van der Waals surface area contributed by atoms with Crippen LogP contribution in [0, 0.1) is 0 Å². The SMILES string of the molecule is CC(NC(C)(C)CC(=O)OCc1ccccc1)C(=O)O. The Morgan fingerprint density at radius 2 is 1.90 bits per heavy atom. The van der Waals surface area contributed by atoms with E-state index < -0.39 is 17.6 Å². The predicted molar refractivity (Wildman–Crippen MR) is 75.2 cm³/mol.